The largest absolute Gasteiger partial charge is 0.367 e. The van der Waals surface area contributed by atoms with Crippen LogP contribution in [0.2, 0.25) is 5.02 Å². The molecule has 1 aromatic carbocycles. The molecule has 126 valence electrons. The lowest BCUT2D eigenvalue weighted by molar-refractivity contribution is 0.0945. The van der Waals surface area contributed by atoms with Gasteiger partial charge < -0.3 is 10.6 Å². The molecule has 1 aliphatic carbocycles. The number of benzene rings is 1. The maximum absolute atomic E-state index is 12.4. The first-order valence-corrected chi connectivity index (χ1v) is 8.63. The Labute approximate surface area is 146 Å². The smallest absolute Gasteiger partial charge is 0.270 e. The van der Waals surface area contributed by atoms with Gasteiger partial charge in [0.25, 0.3) is 5.91 Å². The van der Waals surface area contributed by atoms with E-state index >= 15 is 0 Å². The van der Waals surface area contributed by atoms with Crippen molar-refractivity contribution in [3.63, 3.8) is 0 Å². The zero-order chi connectivity index (χ0) is 16.9. The molecule has 1 aliphatic rings. The van der Waals surface area contributed by atoms with E-state index in [2.05, 4.69) is 20.6 Å². The van der Waals surface area contributed by atoms with E-state index in [0.717, 1.165) is 24.2 Å². The zero-order valence-corrected chi connectivity index (χ0v) is 14.4. The summed E-state index contributed by atoms with van der Waals surface area (Å²) in [7, 11) is 0. The molecular weight excluding hydrogens is 324 g/mol. The third-order valence-electron chi connectivity index (χ3n) is 4.17. The molecule has 2 aromatic rings. The Morgan fingerprint density at radius 2 is 2.00 bits per heavy atom. The summed E-state index contributed by atoms with van der Waals surface area (Å²) in [6.45, 7) is 2.16. The predicted octanol–water partition coefficient (Wildman–Crippen LogP) is 3.72. The molecule has 1 aromatic heterocycles. The van der Waals surface area contributed by atoms with Crippen LogP contribution < -0.4 is 10.6 Å². The molecule has 0 spiro atoms. The van der Waals surface area contributed by atoms with Crippen molar-refractivity contribution in [3.05, 3.63) is 52.4 Å². The van der Waals surface area contributed by atoms with Crippen molar-refractivity contribution < 1.29 is 4.79 Å². The van der Waals surface area contributed by atoms with Gasteiger partial charge in [-0.25, -0.2) is 9.97 Å². The van der Waals surface area contributed by atoms with Gasteiger partial charge in [0.1, 0.15) is 17.3 Å². The minimum absolute atomic E-state index is 0.227. The number of nitrogens with zero attached hydrogens (tertiary/aromatic N) is 2. The number of aromatic nitrogens is 2. The van der Waals surface area contributed by atoms with Crippen LogP contribution in [-0.4, -0.2) is 21.9 Å². The van der Waals surface area contributed by atoms with Gasteiger partial charge in [0.05, 0.1) is 0 Å². The Kier molecular flexibility index (Phi) is 5.30. The van der Waals surface area contributed by atoms with Gasteiger partial charge in [-0.3, -0.25) is 4.79 Å². The minimum Gasteiger partial charge on any atom is -0.367 e. The summed E-state index contributed by atoms with van der Waals surface area (Å²) >= 11 is 6.11. The van der Waals surface area contributed by atoms with Gasteiger partial charge in [0, 0.05) is 23.7 Å². The molecule has 0 atom stereocenters. The fourth-order valence-electron chi connectivity index (χ4n) is 2.95. The number of anilines is 1. The third kappa shape index (κ3) is 4.23. The second-order valence-corrected chi connectivity index (χ2v) is 6.49. The molecule has 6 heteroatoms. The SMILES string of the molecule is Cc1nc(NC2CCCC2)cc(C(=O)NCc2ccccc2Cl)n1. The fourth-order valence-corrected chi connectivity index (χ4v) is 3.15. The lowest BCUT2D eigenvalue weighted by Gasteiger charge is -2.14. The van der Waals surface area contributed by atoms with Crippen molar-refractivity contribution in [3.8, 4) is 0 Å². The maximum atomic E-state index is 12.4. The van der Waals surface area contributed by atoms with Crippen LogP contribution in [0.15, 0.2) is 30.3 Å². The molecule has 3 rings (SSSR count). The molecule has 0 radical (unpaired) electrons. The van der Waals surface area contributed by atoms with Crippen molar-refractivity contribution in [2.24, 2.45) is 0 Å². The first-order valence-electron chi connectivity index (χ1n) is 8.25. The first kappa shape index (κ1) is 16.7. The highest BCUT2D eigenvalue weighted by Crippen LogP contribution is 2.21. The van der Waals surface area contributed by atoms with Crippen LogP contribution in [0.4, 0.5) is 5.82 Å². The quantitative estimate of drug-likeness (QED) is 0.867. The standard InChI is InChI=1S/C18H21ClN4O/c1-12-21-16(10-17(22-12)23-14-7-3-4-8-14)18(24)20-11-13-6-2-5-9-15(13)19/h2,5-6,9-10,14H,3-4,7-8,11H2,1H3,(H,20,24)(H,21,22,23). The highest BCUT2D eigenvalue weighted by molar-refractivity contribution is 6.31. The Hall–Kier alpha value is -2.14. The molecular formula is C18H21ClN4O. The Morgan fingerprint density at radius 3 is 2.75 bits per heavy atom. The van der Waals surface area contributed by atoms with E-state index in [-0.39, 0.29) is 5.91 Å². The molecule has 0 unspecified atom stereocenters. The van der Waals surface area contributed by atoms with Gasteiger partial charge in [0.15, 0.2) is 0 Å². The van der Waals surface area contributed by atoms with E-state index in [0.29, 0.717) is 29.1 Å². The fraction of sp³-hybridized carbons (Fsp3) is 0.389. The lowest BCUT2D eigenvalue weighted by atomic mass is 10.2. The van der Waals surface area contributed by atoms with Gasteiger partial charge in [-0.1, -0.05) is 42.6 Å². The molecule has 1 saturated carbocycles. The zero-order valence-electron chi connectivity index (χ0n) is 13.7. The summed E-state index contributed by atoms with van der Waals surface area (Å²) in [5, 5.41) is 6.91. The van der Waals surface area contributed by atoms with Gasteiger partial charge in [-0.2, -0.15) is 0 Å². The molecule has 0 bridgehead atoms. The molecule has 0 aliphatic heterocycles. The van der Waals surface area contributed by atoms with Gasteiger partial charge >= 0.3 is 0 Å². The van der Waals surface area contributed by atoms with Crippen LogP contribution in [0.1, 0.15) is 47.6 Å². The molecule has 5 nitrogen and oxygen atoms in total. The van der Waals surface area contributed by atoms with Crippen LogP contribution in [0, 0.1) is 6.92 Å². The Balaban J connectivity index is 1.67. The number of aryl methyl sites for hydroxylation is 1. The van der Waals surface area contributed by atoms with Crippen LogP contribution in [0.25, 0.3) is 0 Å². The van der Waals surface area contributed by atoms with Crippen molar-refractivity contribution in [2.45, 2.75) is 45.2 Å². The number of hydrogen-bond acceptors (Lipinski definition) is 4. The number of carbonyl (C=O) groups is 1. The van der Waals surface area contributed by atoms with Crippen molar-refractivity contribution in [2.75, 3.05) is 5.32 Å². The van der Waals surface area contributed by atoms with E-state index in [1.165, 1.54) is 12.8 Å². The average molecular weight is 345 g/mol. The Morgan fingerprint density at radius 1 is 1.25 bits per heavy atom. The highest BCUT2D eigenvalue weighted by atomic mass is 35.5. The van der Waals surface area contributed by atoms with E-state index in [1.807, 2.05) is 24.3 Å². The van der Waals surface area contributed by atoms with E-state index in [1.54, 1.807) is 13.0 Å². The number of carbonyl (C=O) groups excluding carboxylic acids is 1. The second-order valence-electron chi connectivity index (χ2n) is 6.09. The molecule has 0 saturated heterocycles. The van der Waals surface area contributed by atoms with Crippen molar-refractivity contribution in [1.82, 2.24) is 15.3 Å². The highest BCUT2D eigenvalue weighted by Gasteiger charge is 2.17. The molecule has 24 heavy (non-hydrogen) atoms. The average Bonchev–Trinajstić information content (AvgIpc) is 3.06. The molecule has 2 N–H and O–H groups in total. The third-order valence-corrected chi connectivity index (χ3v) is 4.54. The second kappa shape index (κ2) is 7.62. The molecule has 1 amide bonds. The number of nitrogens with one attached hydrogen (secondary N) is 2. The van der Waals surface area contributed by atoms with Crippen LogP contribution in [0.3, 0.4) is 0 Å². The number of hydrogen-bond donors (Lipinski definition) is 2. The summed E-state index contributed by atoms with van der Waals surface area (Å²) in [6, 6.07) is 9.61. The summed E-state index contributed by atoms with van der Waals surface area (Å²) in [6.07, 6.45) is 4.79. The van der Waals surface area contributed by atoms with Gasteiger partial charge in [-0.15, -0.1) is 0 Å². The van der Waals surface area contributed by atoms with Crippen molar-refractivity contribution in [1.29, 1.82) is 0 Å². The summed E-state index contributed by atoms with van der Waals surface area (Å²) in [5.74, 6) is 1.08. The van der Waals surface area contributed by atoms with Crippen LogP contribution in [0.5, 0.6) is 0 Å². The number of halogens is 1. The Bertz CT molecular complexity index is 729. The van der Waals surface area contributed by atoms with E-state index < -0.39 is 0 Å². The van der Waals surface area contributed by atoms with Crippen LogP contribution in [-0.2, 0) is 6.54 Å². The summed E-state index contributed by atoms with van der Waals surface area (Å²) < 4.78 is 0. The summed E-state index contributed by atoms with van der Waals surface area (Å²) in [5.41, 5.74) is 1.25. The maximum Gasteiger partial charge on any atom is 0.270 e. The first-order chi connectivity index (χ1) is 11.6. The molecule has 1 fully saturated rings. The van der Waals surface area contributed by atoms with Gasteiger partial charge in [-0.05, 0) is 31.4 Å². The molecule has 1 heterocycles. The number of amides is 1. The summed E-state index contributed by atoms with van der Waals surface area (Å²) in [4.78, 5) is 21.0. The monoisotopic (exact) mass is 344 g/mol. The normalized spacial score (nSPS) is 14.6. The van der Waals surface area contributed by atoms with E-state index in [9.17, 15) is 4.79 Å². The van der Waals surface area contributed by atoms with Gasteiger partial charge in [0.2, 0.25) is 0 Å². The van der Waals surface area contributed by atoms with E-state index in [4.69, 9.17) is 11.6 Å². The minimum atomic E-state index is -0.227. The number of rotatable bonds is 5. The van der Waals surface area contributed by atoms with Crippen molar-refractivity contribution >= 4 is 23.3 Å². The topological polar surface area (TPSA) is 66.9 Å². The van der Waals surface area contributed by atoms with Crippen LogP contribution >= 0.6 is 11.6 Å². The lowest BCUT2D eigenvalue weighted by Crippen LogP contribution is -2.25. The predicted molar refractivity (Wildman–Crippen MR) is 95.3 cm³/mol.